The summed E-state index contributed by atoms with van der Waals surface area (Å²) in [6.45, 7) is 1.41. The van der Waals surface area contributed by atoms with Crippen LogP contribution in [0.1, 0.15) is 18.1 Å². The Morgan fingerprint density at radius 2 is 1.37 bits per heavy atom. The van der Waals surface area contributed by atoms with Gasteiger partial charge >= 0.3 is 24.4 Å². The van der Waals surface area contributed by atoms with E-state index in [1.54, 1.807) is 0 Å². The lowest BCUT2D eigenvalue weighted by atomic mass is 9.85. The van der Waals surface area contributed by atoms with Crippen LogP contribution in [0.5, 0.6) is 5.75 Å². The molecule has 165 valence electrons. The fourth-order valence-corrected chi connectivity index (χ4v) is 3.34. The Morgan fingerprint density at radius 3 is 1.77 bits per heavy atom. The van der Waals surface area contributed by atoms with E-state index in [4.69, 9.17) is 0 Å². The SMILES string of the molecule is CCc1[c]c(Br)c(-c2ccc(OC(F)(F)F)cc2)c(C(F)(C(F)(F)F)C(F)(F)F)c1. The lowest BCUT2D eigenvalue weighted by Gasteiger charge is -2.32. The Kier molecular flexibility index (Phi) is 6.42. The molecule has 0 saturated heterocycles. The van der Waals surface area contributed by atoms with Crippen LogP contribution in [0.25, 0.3) is 11.1 Å². The van der Waals surface area contributed by atoms with E-state index in [2.05, 4.69) is 26.7 Å². The Hall–Kier alpha value is -1.98. The minimum atomic E-state index is -6.37. The van der Waals surface area contributed by atoms with Crippen LogP contribution in [0.2, 0.25) is 0 Å². The molecule has 1 nitrogen and oxygen atoms in total. The van der Waals surface area contributed by atoms with Crippen LogP contribution in [-0.4, -0.2) is 18.7 Å². The normalized spacial score (nSPS) is 13.5. The highest BCUT2D eigenvalue weighted by Gasteiger charge is 2.74. The number of ether oxygens (including phenoxy) is 1. The summed E-state index contributed by atoms with van der Waals surface area (Å²) in [6.07, 6.45) is -17.9. The molecular weight excluding hydrogens is 502 g/mol. The van der Waals surface area contributed by atoms with Crippen molar-refractivity contribution in [3.05, 3.63) is 52.0 Å². The van der Waals surface area contributed by atoms with Crippen molar-refractivity contribution in [3.63, 3.8) is 0 Å². The zero-order chi connectivity index (χ0) is 23.1. The van der Waals surface area contributed by atoms with Gasteiger partial charge in [0.25, 0.3) is 0 Å². The quantitative estimate of drug-likeness (QED) is 0.383. The van der Waals surface area contributed by atoms with Gasteiger partial charge in [-0.25, -0.2) is 4.39 Å². The van der Waals surface area contributed by atoms with Gasteiger partial charge in [0.15, 0.2) is 0 Å². The summed E-state index contributed by atoms with van der Waals surface area (Å²) in [5.41, 5.74) is -8.91. The van der Waals surface area contributed by atoms with Gasteiger partial charge in [-0.05, 0) is 45.6 Å². The van der Waals surface area contributed by atoms with Crippen LogP contribution in [0.4, 0.5) is 43.9 Å². The van der Waals surface area contributed by atoms with Crippen LogP contribution in [0.15, 0.2) is 34.8 Å². The molecule has 0 bridgehead atoms. The number of rotatable bonds is 4. The maximum atomic E-state index is 14.8. The van der Waals surface area contributed by atoms with E-state index in [0.717, 1.165) is 12.1 Å². The first-order valence-electron chi connectivity index (χ1n) is 7.95. The average Bonchev–Trinajstić information content (AvgIpc) is 2.58. The van der Waals surface area contributed by atoms with Gasteiger partial charge < -0.3 is 4.74 Å². The number of hydrogen-bond donors (Lipinski definition) is 0. The van der Waals surface area contributed by atoms with Crippen LogP contribution in [-0.2, 0) is 12.1 Å². The molecule has 0 fully saturated rings. The molecule has 0 aliphatic rings. The van der Waals surface area contributed by atoms with Crippen LogP contribution in [0.3, 0.4) is 0 Å². The molecule has 0 N–H and O–H groups in total. The Balaban J connectivity index is 2.78. The number of hydrogen-bond acceptors (Lipinski definition) is 1. The first-order valence-corrected chi connectivity index (χ1v) is 8.74. The standard InChI is InChI=1S/C18H10BrF10O/c1-2-9-7-12(15(20,16(21,22)23)17(24,25)26)14(13(19)8-9)10-3-5-11(6-4-10)30-18(27,28)29/h3-7H,2H2,1H3. The third-order valence-electron chi connectivity index (χ3n) is 3.99. The summed E-state index contributed by atoms with van der Waals surface area (Å²) in [7, 11) is 0. The van der Waals surface area contributed by atoms with Gasteiger partial charge in [0.1, 0.15) is 5.75 Å². The number of aryl methyl sites for hydroxylation is 1. The van der Waals surface area contributed by atoms with E-state index >= 15 is 0 Å². The first-order chi connectivity index (χ1) is 13.5. The zero-order valence-corrected chi connectivity index (χ0v) is 16.2. The van der Waals surface area contributed by atoms with E-state index in [1.807, 2.05) is 0 Å². The van der Waals surface area contributed by atoms with Gasteiger partial charge in [0.05, 0.1) is 0 Å². The molecule has 2 rings (SSSR count). The van der Waals surface area contributed by atoms with E-state index < -0.39 is 51.3 Å². The lowest BCUT2D eigenvalue weighted by Crippen LogP contribution is -2.50. The topological polar surface area (TPSA) is 9.23 Å². The highest BCUT2D eigenvalue weighted by molar-refractivity contribution is 9.10. The summed E-state index contributed by atoms with van der Waals surface area (Å²) < 4.78 is 135. The predicted molar refractivity (Wildman–Crippen MR) is 89.4 cm³/mol. The summed E-state index contributed by atoms with van der Waals surface area (Å²) in [6, 6.07) is 5.79. The van der Waals surface area contributed by atoms with Gasteiger partial charge in [0, 0.05) is 21.7 Å². The van der Waals surface area contributed by atoms with E-state index in [1.165, 1.54) is 6.92 Å². The minimum Gasteiger partial charge on any atom is -0.406 e. The second kappa shape index (κ2) is 7.93. The predicted octanol–water partition coefficient (Wildman–Crippen LogP) is 7.67. The second-order valence-corrected chi connectivity index (χ2v) is 6.77. The molecule has 0 aliphatic carbocycles. The molecule has 0 aliphatic heterocycles. The smallest absolute Gasteiger partial charge is 0.406 e. The summed E-state index contributed by atoms with van der Waals surface area (Å²) in [4.78, 5) is 0. The molecule has 0 amide bonds. The second-order valence-electron chi connectivity index (χ2n) is 5.98. The van der Waals surface area contributed by atoms with Crippen molar-refractivity contribution in [2.24, 2.45) is 0 Å². The number of alkyl halides is 10. The monoisotopic (exact) mass is 511 g/mol. The molecule has 12 heteroatoms. The van der Waals surface area contributed by atoms with Crippen molar-refractivity contribution in [3.8, 4) is 16.9 Å². The summed E-state index contributed by atoms with van der Waals surface area (Å²) in [5.74, 6) is -0.767. The molecule has 2 aromatic rings. The molecule has 0 aromatic heterocycles. The van der Waals surface area contributed by atoms with Crippen molar-refractivity contribution >= 4 is 15.9 Å². The Bertz CT molecular complexity index is 883. The Morgan fingerprint density at radius 1 is 0.867 bits per heavy atom. The minimum absolute atomic E-state index is 0.0595. The molecule has 30 heavy (non-hydrogen) atoms. The Labute approximate surface area is 171 Å². The molecule has 0 unspecified atom stereocenters. The first kappa shape index (κ1) is 24.3. The largest absolute Gasteiger partial charge is 0.573 e. The molecule has 0 heterocycles. The van der Waals surface area contributed by atoms with Gasteiger partial charge in [-0.3, -0.25) is 0 Å². The molecule has 0 spiro atoms. The van der Waals surface area contributed by atoms with Crippen molar-refractivity contribution in [1.29, 1.82) is 0 Å². The van der Waals surface area contributed by atoms with Crippen molar-refractivity contribution < 1.29 is 48.6 Å². The van der Waals surface area contributed by atoms with E-state index in [-0.39, 0.29) is 12.0 Å². The third-order valence-corrected chi connectivity index (χ3v) is 4.58. The van der Waals surface area contributed by atoms with Crippen LogP contribution >= 0.6 is 15.9 Å². The molecule has 2 aromatic carbocycles. The maximum Gasteiger partial charge on any atom is 0.573 e. The zero-order valence-electron chi connectivity index (χ0n) is 14.7. The summed E-state index contributed by atoms with van der Waals surface area (Å²) >= 11 is 2.80. The van der Waals surface area contributed by atoms with E-state index in [0.29, 0.717) is 18.2 Å². The van der Waals surface area contributed by atoms with Crippen molar-refractivity contribution in [2.75, 3.05) is 0 Å². The van der Waals surface area contributed by atoms with Crippen LogP contribution < -0.4 is 4.74 Å². The van der Waals surface area contributed by atoms with Crippen molar-refractivity contribution in [2.45, 2.75) is 37.7 Å². The fourth-order valence-electron chi connectivity index (χ4n) is 2.64. The summed E-state index contributed by atoms with van der Waals surface area (Å²) in [5, 5.41) is 0. The van der Waals surface area contributed by atoms with Gasteiger partial charge in [-0.2, -0.15) is 26.3 Å². The number of benzene rings is 2. The molecule has 0 saturated carbocycles. The van der Waals surface area contributed by atoms with Gasteiger partial charge in [-0.1, -0.05) is 25.1 Å². The van der Waals surface area contributed by atoms with Crippen LogP contribution in [0, 0.1) is 6.07 Å². The highest BCUT2D eigenvalue weighted by Crippen LogP contribution is 2.56. The third kappa shape index (κ3) is 4.68. The lowest BCUT2D eigenvalue weighted by molar-refractivity contribution is -0.348. The number of halogens is 11. The average molecular weight is 512 g/mol. The molecular formula is C18H10BrF10O. The molecule has 1 radical (unpaired) electrons. The van der Waals surface area contributed by atoms with Crippen molar-refractivity contribution in [1.82, 2.24) is 0 Å². The maximum absolute atomic E-state index is 14.8. The van der Waals surface area contributed by atoms with Gasteiger partial charge in [0.2, 0.25) is 0 Å². The molecule has 0 atom stereocenters. The van der Waals surface area contributed by atoms with Gasteiger partial charge in [-0.15, -0.1) is 13.2 Å². The highest BCUT2D eigenvalue weighted by atomic mass is 79.9. The van der Waals surface area contributed by atoms with E-state index in [9.17, 15) is 43.9 Å². The fraction of sp³-hybridized carbons (Fsp3) is 0.333.